The fraction of sp³-hybridized carbons (Fsp3) is 0.286. The molecule has 1 heterocycles. The van der Waals surface area contributed by atoms with Gasteiger partial charge in [0.1, 0.15) is 17.9 Å². The van der Waals surface area contributed by atoms with E-state index in [1.54, 1.807) is 24.3 Å². The normalized spacial score (nSPS) is 10.7. The van der Waals surface area contributed by atoms with E-state index in [1.165, 1.54) is 6.33 Å². The summed E-state index contributed by atoms with van der Waals surface area (Å²) >= 11 is 0. The monoisotopic (exact) mass is 259 g/mol. The number of aliphatic hydroxyl groups is 1. The Labute approximate surface area is 112 Å². The Bertz CT molecular complexity index is 553. The Hall–Kier alpha value is -2.14. The molecule has 0 unspecified atom stereocenters. The summed E-state index contributed by atoms with van der Waals surface area (Å²) in [6, 6.07) is 7.17. The molecule has 0 aliphatic carbocycles. The van der Waals surface area contributed by atoms with Gasteiger partial charge in [-0.05, 0) is 23.6 Å². The topological polar surface area (TPSA) is 81.3 Å². The molecule has 0 saturated carbocycles. The molecular weight excluding hydrogens is 242 g/mol. The lowest BCUT2D eigenvalue weighted by molar-refractivity contribution is 0.281. The molecule has 100 valence electrons. The van der Waals surface area contributed by atoms with E-state index in [-0.39, 0.29) is 12.5 Å². The lowest BCUT2D eigenvalue weighted by atomic mass is 10.1. The van der Waals surface area contributed by atoms with Crippen LogP contribution in [0.25, 0.3) is 0 Å². The Kier molecular flexibility index (Phi) is 3.97. The van der Waals surface area contributed by atoms with Crippen molar-refractivity contribution in [2.75, 3.05) is 5.73 Å². The maximum atomic E-state index is 8.99. The molecule has 2 rings (SSSR count). The molecule has 3 N–H and O–H groups in total. The van der Waals surface area contributed by atoms with Crippen LogP contribution in [0.15, 0.2) is 30.6 Å². The Morgan fingerprint density at radius 3 is 2.47 bits per heavy atom. The number of anilines is 1. The van der Waals surface area contributed by atoms with E-state index in [4.69, 9.17) is 15.6 Å². The first-order valence-corrected chi connectivity index (χ1v) is 6.10. The van der Waals surface area contributed by atoms with Crippen molar-refractivity contribution in [3.05, 3.63) is 41.7 Å². The number of ether oxygens (including phenoxy) is 1. The van der Waals surface area contributed by atoms with Crippen LogP contribution in [0, 0.1) is 0 Å². The van der Waals surface area contributed by atoms with Crippen LogP contribution in [0.5, 0.6) is 11.6 Å². The zero-order valence-corrected chi connectivity index (χ0v) is 11.0. The highest BCUT2D eigenvalue weighted by molar-refractivity contribution is 5.48. The van der Waals surface area contributed by atoms with Gasteiger partial charge in [0.2, 0.25) is 5.88 Å². The molecule has 0 bridgehead atoms. The van der Waals surface area contributed by atoms with Gasteiger partial charge in [0.15, 0.2) is 0 Å². The summed E-state index contributed by atoms with van der Waals surface area (Å²) in [7, 11) is 0. The summed E-state index contributed by atoms with van der Waals surface area (Å²) in [5, 5.41) is 8.99. The Morgan fingerprint density at radius 2 is 1.89 bits per heavy atom. The highest BCUT2D eigenvalue weighted by atomic mass is 16.5. The van der Waals surface area contributed by atoms with Crippen molar-refractivity contribution >= 4 is 5.82 Å². The zero-order chi connectivity index (χ0) is 13.8. The number of hydrogen-bond donors (Lipinski definition) is 2. The van der Waals surface area contributed by atoms with E-state index in [9.17, 15) is 0 Å². The molecule has 0 saturated heterocycles. The molecule has 0 radical (unpaired) electrons. The number of nitrogens with zero attached hydrogens (tertiary/aromatic N) is 2. The number of rotatable bonds is 4. The summed E-state index contributed by atoms with van der Waals surface area (Å²) in [5.41, 5.74) is 7.49. The predicted octanol–water partition coefficient (Wildman–Crippen LogP) is 2.47. The van der Waals surface area contributed by atoms with Crippen molar-refractivity contribution in [1.82, 2.24) is 9.97 Å². The summed E-state index contributed by atoms with van der Waals surface area (Å²) in [4.78, 5) is 8.12. The fourth-order valence-electron chi connectivity index (χ4n) is 1.79. The van der Waals surface area contributed by atoms with E-state index < -0.39 is 0 Å². The number of aliphatic hydroxyl groups excluding tert-OH is 1. The van der Waals surface area contributed by atoms with Gasteiger partial charge < -0.3 is 15.6 Å². The van der Waals surface area contributed by atoms with Gasteiger partial charge in [-0.2, -0.15) is 0 Å². The van der Waals surface area contributed by atoms with Crippen LogP contribution in [-0.4, -0.2) is 15.1 Å². The van der Waals surface area contributed by atoms with Gasteiger partial charge in [0.25, 0.3) is 0 Å². The van der Waals surface area contributed by atoms with E-state index in [1.807, 2.05) is 13.8 Å². The van der Waals surface area contributed by atoms with Crippen molar-refractivity contribution in [3.63, 3.8) is 0 Å². The third-order valence-corrected chi connectivity index (χ3v) is 2.78. The molecule has 1 aromatic heterocycles. The lowest BCUT2D eigenvalue weighted by Gasteiger charge is -2.13. The first kappa shape index (κ1) is 13.3. The first-order chi connectivity index (χ1) is 9.11. The van der Waals surface area contributed by atoms with Gasteiger partial charge in [0.05, 0.1) is 12.2 Å². The second kappa shape index (κ2) is 5.67. The molecule has 5 heteroatoms. The average molecular weight is 259 g/mol. The third kappa shape index (κ3) is 3.00. The van der Waals surface area contributed by atoms with Crippen LogP contribution in [0.2, 0.25) is 0 Å². The summed E-state index contributed by atoms with van der Waals surface area (Å²) in [6.45, 7) is 4.03. The van der Waals surface area contributed by atoms with Crippen LogP contribution >= 0.6 is 0 Å². The van der Waals surface area contributed by atoms with Gasteiger partial charge in [-0.25, -0.2) is 9.97 Å². The minimum atomic E-state index is 0.0119. The Morgan fingerprint density at radius 1 is 1.21 bits per heavy atom. The molecule has 0 aliphatic heterocycles. The molecule has 0 atom stereocenters. The van der Waals surface area contributed by atoms with Crippen LogP contribution < -0.4 is 10.5 Å². The standard InChI is InChI=1S/C14H17N3O2/c1-9(2)12-13(15)16-8-17-14(12)19-11-5-3-10(7-18)4-6-11/h3-6,8-9,18H,7H2,1-2H3,(H2,15,16,17). The maximum absolute atomic E-state index is 8.99. The molecule has 19 heavy (non-hydrogen) atoms. The highest BCUT2D eigenvalue weighted by Gasteiger charge is 2.14. The van der Waals surface area contributed by atoms with E-state index in [0.29, 0.717) is 17.4 Å². The number of hydrogen-bond acceptors (Lipinski definition) is 5. The second-order valence-corrected chi connectivity index (χ2v) is 4.54. The third-order valence-electron chi connectivity index (χ3n) is 2.78. The summed E-state index contributed by atoms with van der Waals surface area (Å²) in [5.74, 6) is 1.73. The minimum Gasteiger partial charge on any atom is -0.439 e. The largest absolute Gasteiger partial charge is 0.439 e. The minimum absolute atomic E-state index is 0.0119. The number of nitrogen functional groups attached to an aromatic ring is 1. The molecule has 0 fully saturated rings. The van der Waals surface area contributed by atoms with Crippen LogP contribution in [0.4, 0.5) is 5.82 Å². The van der Waals surface area contributed by atoms with Crippen molar-refractivity contribution in [1.29, 1.82) is 0 Å². The summed E-state index contributed by atoms with van der Waals surface area (Å²) in [6.07, 6.45) is 1.39. The highest BCUT2D eigenvalue weighted by Crippen LogP contribution is 2.31. The van der Waals surface area contributed by atoms with Gasteiger partial charge >= 0.3 is 0 Å². The van der Waals surface area contributed by atoms with Crippen LogP contribution in [0.3, 0.4) is 0 Å². The molecular formula is C14H17N3O2. The van der Waals surface area contributed by atoms with E-state index in [2.05, 4.69) is 9.97 Å². The lowest BCUT2D eigenvalue weighted by Crippen LogP contribution is -2.04. The first-order valence-electron chi connectivity index (χ1n) is 6.10. The average Bonchev–Trinajstić information content (AvgIpc) is 2.39. The maximum Gasteiger partial charge on any atom is 0.227 e. The molecule has 0 spiro atoms. The summed E-state index contributed by atoms with van der Waals surface area (Å²) < 4.78 is 5.74. The number of aromatic nitrogens is 2. The molecule has 0 aliphatic rings. The van der Waals surface area contributed by atoms with Crippen molar-refractivity contribution in [2.24, 2.45) is 0 Å². The fourth-order valence-corrected chi connectivity index (χ4v) is 1.79. The van der Waals surface area contributed by atoms with Crippen LogP contribution in [0.1, 0.15) is 30.9 Å². The predicted molar refractivity (Wildman–Crippen MR) is 73.0 cm³/mol. The molecule has 0 amide bonds. The van der Waals surface area contributed by atoms with Gasteiger partial charge in [-0.3, -0.25) is 0 Å². The van der Waals surface area contributed by atoms with E-state index >= 15 is 0 Å². The van der Waals surface area contributed by atoms with Crippen molar-refractivity contribution < 1.29 is 9.84 Å². The van der Waals surface area contributed by atoms with Crippen molar-refractivity contribution in [3.8, 4) is 11.6 Å². The molecule has 5 nitrogen and oxygen atoms in total. The van der Waals surface area contributed by atoms with Gasteiger partial charge in [-0.1, -0.05) is 26.0 Å². The van der Waals surface area contributed by atoms with Crippen molar-refractivity contribution in [2.45, 2.75) is 26.4 Å². The zero-order valence-electron chi connectivity index (χ0n) is 11.0. The Balaban J connectivity index is 2.29. The van der Waals surface area contributed by atoms with Gasteiger partial charge in [0, 0.05) is 0 Å². The SMILES string of the molecule is CC(C)c1c(N)ncnc1Oc1ccc(CO)cc1. The smallest absolute Gasteiger partial charge is 0.227 e. The van der Waals surface area contributed by atoms with E-state index in [0.717, 1.165) is 11.1 Å². The number of benzene rings is 1. The molecule has 1 aromatic carbocycles. The number of nitrogens with two attached hydrogens (primary N) is 1. The quantitative estimate of drug-likeness (QED) is 0.881. The van der Waals surface area contributed by atoms with Crippen LogP contribution in [-0.2, 0) is 6.61 Å². The van der Waals surface area contributed by atoms with Gasteiger partial charge in [-0.15, -0.1) is 0 Å². The molecule has 2 aromatic rings. The second-order valence-electron chi connectivity index (χ2n) is 4.54.